The fourth-order valence-electron chi connectivity index (χ4n) is 1.38. The Morgan fingerprint density at radius 2 is 1.68 bits per heavy atom. The van der Waals surface area contributed by atoms with Crippen LogP contribution in [0.15, 0.2) is 0 Å². The normalized spacial score (nSPS) is 11.9. The predicted octanol–water partition coefficient (Wildman–Crippen LogP) is -0.268. The highest BCUT2D eigenvalue weighted by molar-refractivity contribution is 5.86. The summed E-state index contributed by atoms with van der Waals surface area (Å²) in [4.78, 5) is 45.7. The van der Waals surface area contributed by atoms with Gasteiger partial charge in [0.25, 0.3) is 11.8 Å². The number of hydrogen-bond donors (Lipinski definition) is 2. The molecule has 126 valence electrons. The quantitative estimate of drug-likeness (QED) is 0.620. The third-order valence-electron chi connectivity index (χ3n) is 2.60. The van der Waals surface area contributed by atoms with Gasteiger partial charge < -0.3 is 24.8 Å². The fourth-order valence-corrected chi connectivity index (χ4v) is 1.38. The average molecular weight is 318 g/mol. The fraction of sp³-hybridized carbons (Fsp3) is 0.692. The summed E-state index contributed by atoms with van der Waals surface area (Å²) in [7, 11) is 2.80. The molecule has 1 unspecified atom stereocenters. The van der Waals surface area contributed by atoms with Crippen LogP contribution in [0.2, 0.25) is 0 Å². The Labute approximate surface area is 128 Å². The van der Waals surface area contributed by atoms with Crippen LogP contribution in [-0.4, -0.2) is 56.3 Å². The maximum Gasteiger partial charge on any atom is 0.509 e. The SMILES string of the molecule is CCC(OC(=O)COC(=O)OC(C)(C)C(=O)NC)C(=O)NC. The molecule has 0 spiro atoms. The van der Waals surface area contributed by atoms with Gasteiger partial charge in [0.05, 0.1) is 0 Å². The first-order chi connectivity index (χ1) is 10.2. The Bertz CT molecular complexity index is 434. The molecule has 0 heterocycles. The number of rotatable bonds is 7. The van der Waals surface area contributed by atoms with Crippen LogP contribution in [0.25, 0.3) is 0 Å². The molecule has 0 aromatic carbocycles. The maximum atomic E-state index is 11.5. The minimum atomic E-state index is -1.44. The molecule has 0 fully saturated rings. The van der Waals surface area contributed by atoms with Crippen LogP contribution < -0.4 is 10.6 Å². The number of ether oxygens (including phenoxy) is 3. The first-order valence-corrected chi connectivity index (χ1v) is 6.66. The van der Waals surface area contributed by atoms with Crippen molar-refractivity contribution in [3.05, 3.63) is 0 Å². The van der Waals surface area contributed by atoms with E-state index in [0.717, 1.165) is 0 Å². The summed E-state index contributed by atoms with van der Waals surface area (Å²) in [6, 6.07) is 0. The van der Waals surface area contributed by atoms with Gasteiger partial charge in [0.1, 0.15) is 0 Å². The lowest BCUT2D eigenvalue weighted by molar-refractivity contribution is -0.160. The molecular formula is C13H22N2O7. The van der Waals surface area contributed by atoms with Gasteiger partial charge in [-0.05, 0) is 20.3 Å². The number of hydrogen-bond acceptors (Lipinski definition) is 7. The van der Waals surface area contributed by atoms with E-state index in [0.29, 0.717) is 0 Å². The first kappa shape index (κ1) is 19.7. The van der Waals surface area contributed by atoms with Crippen molar-refractivity contribution in [3.8, 4) is 0 Å². The zero-order valence-electron chi connectivity index (χ0n) is 13.3. The maximum absolute atomic E-state index is 11.5. The molecule has 0 saturated heterocycles. The number of amides is 2. The molecule has 0 aromatic heterocycles. The van der Waals surface area contributed by atoms with Crippen LogP contribution in [0.1, 0.15) is 27.2 Å². The van der Waals surface area contributed by atoms with E-state index in [1.165, 1.54) is 27.9 Å². The number of nitrogens with one attached hydrogen (secondary N) is 2. The first-order valence-electron chi connectivity index (χ1n) is 6.66. The van der Waals surface area contributed by atoms with Crippen LogP contribution in [0.3, 0.4) is 0 Å². The van der Waals surface area contributed by atoms with Gasteiger partial charge in [-0.15, -0.1) is 0 Å². The van der Waals surface area contributed by atoms with E-state index in [2.05, 4.69) is 15.4 Å². The van der Waals surface area contributed by atoms with Crippen molar-refractivity contribution in [2.24, 2.45) is 0 Å². The summed E-state index contributed by atoms with van der Waals surface area (Å²) >= 11 is 0. The molecule has 0 aliphatic heterocycles. The van der Waals surface area contributed by atoms with E-state index in [9.17, 15) is 19.2 Å². The highest BCUT2D eigenvalue weighted by Gasteiger charge is 2.32. The van der Waals surface area contributed by atoms with E-state index in [1.54, 1.807) is 6.92 Å². The minimum Gasteiger partial charge on any atom is -0.450 e. The average Bonchev–Trinajstić information content (AvgIpc) is 2.48. The summed E-state index contributed by atoms with van der Waals surface area (Å²) in [5.74, 6) is -1.89. The third kappa shape index (κ3) is 6.42. The third-order valence-corrected chi connectivity index (χ3v) is 2.60. The summed E-state index contributed by atoms with van der Waals surface area (Å²) < 4.78 is 14.2. The van der Waals surface area contributed by atoms with Crippen LogP contribution in [0, 0.1) is 0 Å². The topological polar surface area (TPSA) is 120 Å². The molecule has 0 rings (SSSR count). The minimum absolute atomic E-state index is 0.277. The highest BCUT2D eigenvalue weighted by Crippen LogP contribution is 2.10. The number of esters is 1. The van der Waals surface area contributed by atoms with Gasteiger partial charge in [-0.1, -0.05) is 6.92 Å². The molecular weight excluding hydrogens is 296 g/mol. The molecule has 0 aliphatic rings. The summed E-state index contributed by atoms with van der Waals surface area (Å²) in [5, 5.41) is 4.66. The van der Waals surface area contributed by atoms with E-state index in [1.807, 2.05) is 0 Å². The van der Waals surface area contributed by atoms with Crippen molar-refractivity contribution in [2.45, 2.75) is 38.9 Å². The van der Waals surface area contributed by atoms with E-state index in [-0.39, 0.29) is 6.42 Å². The molecule has 2 N–H and O–H groups in total. The molecule has 0 bridgehead atoms. The Morgan fingerprint density at radius 3 is 2.14 bits per heavy atom. The number of likely N-dealkylation sites (N-methyl/N-ethyl adjacent to an activating group) is 2. The lowest BCUT2D eigenvalue weighted by Crippen LogP contribution is -2.44. The van der Waals surface area contributed by atoms with Crippen molar-refractivity contribution < 1.29 is 33.4 Å². The number of carbonyl (C=O) groups is 4. The van der Waals surface area contributed by atoms with Crippen molar-refractivity contribution in [1.29, 1.82) is 0 Å². The predicted molar refractivity (Wildman–Crippen MR) is 74.8 cm³/mol. The second-order valence-corrected chi connectivity index (χ2v) is 4.73. The second kappa shape index (κ2) is 8.85. The van der Waals surface area contributed by atoms with E-state index in [4.69, 9.17) is 9.47 Å². The molecule has 22 heavy (non-hydrogen) atoms. The van der Waals surface area contributed by atoms with Crippen molar-refractivity contribution >= 4 is 23.9 Å². The Balaban J connectivity index is 4.33. The van der Waals surface area contributed by atoms with Gasteiger partial charge in [0.2, 0.25) is 0 Å². The molecule has 2 amide bonds. The molecule has 9 heteroatoms. The second-order valence-electron chi connectivity index (χ2n) is 4.73. The van der Waals surface area contributed by atoms with Gasteiger partial charge in [-0.25, -0.2) is 9.59 Å². The summed E-state index contributed by atoms with van der Waals surface area (Å²) in [6.45, 7) is 3.67. The molecule has 0 aliphatic carbocycles. The summed E-state index contributed by atoms with van der Waals surface area (Å²) in [5.41, 5.74) is -1.44. The lowest BCUT2D eigenvalue weighted by Gasteiger charge is -2.22. The van der Waals surface area contributed by atoms with Crippen LogP contribution >= 0.6 is 0 Å². The van der Waals surface area contributed by atoms with Crippen molar-refractivity contribution in [1.82, 2.24) is 10.6 Å². The lowest BCUT2D eigenvalue weighted by atomic mass is 10.1. The smallest absolute Gasteiger partial charge is 0.450 e. The van der Waals surface area contributed by atoms with Gasteiger partial charge in [-0.3, -0.25) is 9.59 Å². The number of carbonyl (C=O) groups excluding carboxylic acids is 4. The molecule has 1 atom stereocenters. The summed E-state index contributed by atoms with van der Waals surface area (Å²) in [6.07, 6.45) is -1.88. The zero-order chi connectivity index (χ0) is 17.3. The van der Waals surface area contributed by atoms with Gasteiger partial charge in [0.15, 0.2) is 18.3 Å². The zero-order valence-corrected chi connectivity index (χ0v) is 13.3. The molecule has 9 nitrogen and oxygen atoms in total. The van der Waals surface area contributed by atoms with Crippen molar-refractivity contribution in [2.75, 3.05) is 20.7 Å². The highest BCUT2D eigenvalue weighted by atomic mass is 16.7. The van der Waals surface area contributed by atoms with Gasteiger partial charge in [-0.2, -0.15) is 0 Å². The van der Waals surface area contributed by atoms with Crippen LogP contribution in [0.4, 0.5) is 4.79 Å². The molecule has 0 radical (unpaired) electrons. The Kier molecular flexibility index (Phi) is 7.92. The van der Waals surface area contributed by atoms with Gasteiger partial charge >= 0.3 is 12.1 Å². The Hall–Kier alpha value is -2.32. The van der Waals surface area contributed by atoms with Crippen molar-refractivity contribution in [3.63, 3.8) is 0 Å². The van der Waals surface area contributed by atoms with Crippen LogP contribution in [0.5, 0.6) is 0 Å². The monoisotopic (exact) mass is 318 g/mol. The van der Waals surface area contributed by atoms with Gasteiger partial charge in [0, 0.05) is 14.1 Å². The standard InChI is InChI=1S/C13H22N2O7/c1-6-8(10(17)14-4)21-9(16)7-20-12(19)22-13(2,3)11(18)15-5/h8H,6-7H2,1-5H3,(H,14,17)(H,15,18). The van der Waals surface area contributed by atoms with E-state index < -0.39 is 42.3 Å². The largest absolute Gasteiger partial charge is 0.509 e. The Morgan fingerprint density at radius 1 is 1.09 bits per heavy atom. The molecule has 0 saturated carbocycles. The molecule has 0 aromatic rings. The van der Waals surface area contributed by atoms with E-state index >= 15 is 0 Å². The van der Waals surface area contributed by atoms with Crippen LogP contribution in [-0.2, 0) is 28.6 Å².